The van der Waals surface area contributed by atoms with Crippen molar-refractivity contribution in [1.29, 1.82) is 0 Å². The van der Waals surface area contributed by atoms with Gasteiger partial charge in [0.1, 0.15) is 5.69 Å². The molecule has 3 aromatic carbocycles. The van der Waals surface area contributed by atoms with Gasteiger partial charge in [0.25, 0.3) is 5.91 Å². The van der Waals surface area contributed by atoms with E-state index in [4.69, 9.17) is 4.74 Å². The zero-order valence-corrected chi connectivity index (χ0v) is 17.5. The molecule has 32 heavy (non-hydrogen) atoms. The van der Waals surface area contributed by atoms with E-state index in [-0.39, 0.29) is 5.91 Å². The van der Waals surface area contributed by atoms with Crippen LogP contribution in [-0.4, -0.2) is 48.4 Å². The van der Waals surface area contributed by atoms with E-state index in [1.54, 1.807) is 12.1 Å². The number of hydrogen-bond donors (Lipinski definition) is 0. The van der Waals surface area contributed by atoms with Gasteiger partial charge in [-0.2, -0.15) is 0 Å². The van der Waals surface area contributed by atoms with Crippen molar-refractivity contribution in [2.24, 2.45) is 0 Å². The Morgan fingerprint density at radius 3 is 2.31 bits per heavy atom. The first-order valence-corrected chi connectivity index (χ1v) is 10.7. The molecule has 1 aromatic heterocycles. The highest BCUT2D eigenvalue weighted by Crippen LogP contribution is 2.36. The van der Waals surface area contributed by atoms with Gasteiger partial charge in [0, 0.05) is 24.0 Å². The summed E-state index contributed by atoms with van der Waals surface area (Å²) in [5, 5.41) is 0.845. The van der Waals surface area contributed by atoms with E-state index in [2.05, 4.69) is 23.2 Å². The molecule has 1 aliphatic rings. The molecule has 0 spiro atoms. The van der Waals surface area contributed by atoms with Crippen LogP contribution in [-0.2, 0) is 4.74 Å². The number of hydrogen-bond acceptors (Lipinski definition) is 4. The standard InChI is InChI=1S/C27H22N2O3/c30-18-21-17-24(23-9-5-4-8-22(23)19-6-2-1-3-7-19)25-16-20(10-11-26(25)28-21)27(31)29-12-14-32-15-13-29/h1-11,16-18H,12-15H2. The van der Waals surface area contributed by atoms with Gasteiger partial charge in [-0.1, -0.05) is 54.6 Å². The SMILES string of the molecule is O=Cc1cc(-c2ccccc2-c2ccccc2)c2cc(C(=O)N3CCOCC3)ccc2n1. The van der Waals surface area contributed by atoms with E-state index >= 15 is 0 Å². The maximum Gasteiger partial charge on any atom is 0.254 e. The number of aldehydes is 1. The largest absolute Gasteiger partial charge is 0.378 e. The van der Waals surface area contributed by atoms with Crippen molar-refractivity contribution in [2.45, 2.75) is 0 Å². The van der Waals surface area contributed by atoms with Crippen LogP contribution in [0, 0.1) is 0 Å². The molecule has 0 N–H and O–H groups in total. The number of ether oxygens (including phenoxy) is 1. The van der Waals surface area contributed by atoms with E-state index in [9.17, 15) is 9.59 Å². The summed E-state index contributed by atoms with van der Waals surface area (Å²) < 4.78 is 5.38. The summed E-state index contributed by atoms with van der Waals surface area (Å²) in [5.74, 6) is -0.0167. The van der Waals surface area contributed by atoms with E-state index in [1.165, 1.54) is 0 Å². The first-order valence-electron chi connectivity index (χ1n) is 10.7. The molecule has 0 unspecified atom stereocenters. The molecule has 5 heteroatoms. The molecule has 5 rings (SSSR count). The molecule has 0 saturated carbocycles. The Labute approximate surface area is 186 Å². The third-order valence-electron chi connectivity index (χ3n) is 5.80. The average Bonchev–Trinajstić information content (AvgIpc) is 2.88. The molecule has 0 aliphatic carbocycles. The van der Waals surface area contributed by atoms with Crippen molar-refractivity contribution in [3.8, 4) is 22.3 Å². The third kappa shape index (κ3) is 3.79. The molecule has 0 atom stereocenters. The molecule has 1 saturated heterocycles. The number of nitrogens with zero attached hydrogens (tertiary/aromatic N) is 2. The number of rotatable bonds is 4. The predicted molar refractivity (Wildman–Crippen MR) is 125 cm³/mol. The number of carbonyl (C=O) groups is 2. The lowest BCUT2D eigenvalue weighted by molar-refractivity contribution is 0.0303. The third-order valence-corrected chi connectivity index (χ3v) is 5.80. The van der Waals surface area contributed by atoms with E-state index in [0.717, 1.165) is 33.9 Å². The molecule has 2 heterocycles. The van der Waals surface area contributed by atoms with Crippen molar-refractivity contribution in [1.82, 2.24) is 9.88 Å². The number of amides is 1. The van der Waals surface area contributed by atoms with Crippen LogP contribution in [0.4, 0.5) is 0 Å². The lowest BCUT2D eigenvalue weighted by Crippen LogP contribution is -2.40. The Hall–Kier alpha value is -3.83. The number of pyridine rings is 1. The van der Waals surface area contributed by atoms with Crippen LogP contribution in [0.2, 0.25) is 0 Å². The van der Waals surface area contributed by atoms with Gasteiger partial charge in [-0.05, 0) is 46.5 Å². The number of carbonyl (C=O) groups excluding carboxylic acids is 2. The molecule has 4 aromatic rings. The van der Waals surface area contributed by atoms with Crippen LogP contribution in [0.3, 0.4) is 0 Å². The fourth-order valence-electron chi connectivity index (χ4n) is 4.20. The molecular weight excluding hydrogens is 400 g/mol. The van der Waals surface area contributed by atoms with Gasteiger partial charge in [0.05, 0.1) is 18.7 Å². The summed E-state index contributed by atoms with van der Waals surface area (Å²) in [7, 11) is 0. The van der Waals surface area contributed by atoms with Gasteiger partial charge in [0.15, 0.2) is 6.29 Å². The number of benzene rings is 3. The maximum absolute atomic E-state index is 13.1. The first-order chi connectivity index (χ1) is 15.7. The van der Waals surface area contributed by atoms with Crippen molar-refractivity contribution in [3.05, 3.63) is 90.1 Å². The Morgan fingerprint density at radius 2 is 1.56 bits per heavy atom. The molecular formula is C27H22N2O3. The van der Waals surface area contributed by atoms with Gasteiger partial charge < -0.3 is 9.64 Å². The quantitative estimate of drug-likeness (QED) is 0.441. The van der Waals surface area contributed by atoms with Crippen molar-refractivity contribution in [3.63, 3.8) is 0 Å². The molecule has 5 nitrogen and oxygen atoms in total. The topological polar surface area (TPSA) is 59.5 Å². The summed E-state index contributed by atoms with van der Waals surface area (Å²) in [4.78, 5) is 31.0. The Bertz CT molecular complexity index is 1300. The fourth-order valence-corrected chi connectivity index (χ4v) is 4.20. The molecule has 0 radical (unpaired) electrons. The molecule has 1 fully saturated rings. The van der Waals surface area contributed by atoms with Crippen LogP contribution in [0.25, 0.3) is 33.2 Å². The summed E-state index contributed by atoms with van der Waals surface area (Å²) >= 11 is 0. The van der Waals surface area contributed by atoms with E-state index in [0.29, 0.717) is 43.1 Å². The Morgan fingerprint density at radius 1 is 0.844 bits per heavy atom. The van der Waals surface area contributed by atoms with E-state index in [1.807, 2.05) is 53.4 Å². The fraction of sp³-hybridized carbons (Fsp3) is 0.148. The Balaban J connectivity index is 1.69. The highest BCUT2D eigenvalue weighted by atomic mass is 16.5. The van der Waals surface area contributed by atoms with Gasteiger partial charge >= 0.3 is 0 Å². The average molecular weight is 422 g/mol. The predicted octanol–water partition coefficient (Wildman–Crippen LogP) is 4.85. The maximum atomic E-state index is 13.1. The zero-order chi connectivity index (χ0) is 21.9. The number of morpholine rings is 1. The normalized spacial score (nSPS) is 13.8. The lowest BCUT2D eigenvalue weighted by atomic mass is 9.91. The smallest absolute Gasteiger partial charge is 0.254 e. The van der Waals surface area contributed by atoms with Crippen LogP contribution >= 0.6 is 0 Å². The highest BCUT2D eigenvalue weighted by molar-refractivity contribution is 6.05. The van der Waals surface area contributed by atoms with Crippen LogP contribution < -0.4 is 0 Å². The lowest BCUT2D eigenvalue weighted by Gasteiger charge is -2.27. The molecule has 158 valence electrons. The first kappa shape index (κ1) is 20.1. The van der Waals surface area contributed by atoms with E-state index < -0.39 is 0 Å². The van der Waals surface area contributed by atoms with Crippen LogP contribution in [0.15, 0.2) is 78.9 Å². The van der Waals surface area contributed by atoms with Crippen molar-refractivity contribution >= 4 is 23.1 Å². The van der Waals surface area contributed by atoms with Crippen LogP contribution in [0.5, 0.6) is 0 Å². The summed E-state index contributed by atoms with van der Waals surface area (Å²) in [6.07, 6.45) is 0.765. The molecule has 0 bridgehead atoms. The van der Waals surface area contributed by atoms with Crippen molar-refractivity contribution in [2.75, 3.05) is 26.3 Å². The summed E-state index contributed by atoms with van der Waals surface area (Å²) in [6.45, 7) is 2.28. The minimum Gasteiger partial charge on any atom is -0.378 e. The Kier molecular flexibility index (Phi) is 5.48. The van der Waals surface area contributed by atoms with Gasteiger partial charge in [-0.15, -0.1) is 0 Å². The van der Waals surface area contributed by atoms with Crippen LogP contribution in [0.1, 0.15) is 20.8 Å². The minimum atomic E-state index is -0.0167. The van der Waals surface area contributed by atoms with Gasteiger partial charge in [0.2, 0.25) is 0 Å². The second-order valence-electron chi connectivity index (χ2n) is 7.76. The molecule has 1 amide bonds. The minimum absolute atomic E-state index is 0.0167. The van der Waals surface area contributed by atoms with Gasteiger partial charge in [-0.3, -0.25) is 9.59 Å². The number of fused-ring (bicyclic) bond motifs is 1. The second-order valence-corrected chi connectivity index (χ2v) is 7.76. The summed E-state index contributed by atoms with van der Waals surface area (Å²) in [6, 6.07) is 25.5. The number of aromatic nitrogens is 1. The monoisotopic (exact) mass is 422 g/mol. The highest BCUT2D eigenvalue weighted by Gasteiger charge is 2.20. The zero-order valence-electron chi connectivity index (χ0n) is 17.5. The van der Waals surface area contributed by atoms with Gasteiger partial charge in [-0.25, -0.2) is 4.98 Å². The summed E-state index contributed by atoms with van der Waals surface area (Å²) in [5.41, 5.74) is 5.68. The molecule has 1 aliphatic heterocycles. The van der Waals surface area contributed by atoms with Crippen molar-refractivity contribution < 1.29 is 14.3 Å². The second kappa shape index (κ2) is 8.73.